The molecular formula is C9H14O2S. The molecule has 3 aliphatic rings. The van der Waals surface area contributed by atoms with Gasteiger partial charge in [-0.1, -0.05) is 6.92 Å². The molecule has 1 aliphatic heterocycles. The van der Waals surface area contributed by atoms with Gasteiger partial charge in [0.05, 0.1) is 11.0 Å². The highest BCUT2D eigenvalue weighted by molar-refractivity contribution is 7.92. The molecule has 2 saturated carbocycles. The summed E-state index contributed by atoms with van der Waals surface area (Å²) in [6.07, 6.45) is 2.18. The van der Waals surface area contributed by atoms with Gasteiger partial charge in [-0.15, -0.1) is 0 Å². The highest BCUT2D eigenvalue weighted by Gasteiger charge is 2.60. The Morgan fingerprint density at radius 3 is 2.50 bits per heavy atom. The zero-order valence-electron chi connectivity index (χ0n) is 7.23. The van der Waals surface area contributed by atoms with Crippen LogP contribution in [0.5, 0.6) is 0 Å². The van der Waals surface area contributed by atoms with Crippen molar-refractivity contribution in [1.29, 1.82) is 0 Å². The number of hydrogen-bond acceptors (Lipinski definition) is 2. The van der Waals surface area contributed by atoms with Crippen molar-refractivity contribution < 1.29 is 8.42 Å². The molecule has 68 valence electrons. The number of sulfone groups is 1. The first-order chi connectivity index (χ1) is 5.59. The molecule has 4 unspecified atom stereocenters. The molecule has 2 bridgehead atoms. The molecule has 5 atom stereocenters. The van der Waals surface area contributed by atoms with E-state index in [9.17, 15) is 8.42 Å². The van der Waals surface area contributed by atoms with Crippen molar-refractivity contribution in [2.24, 2.45) is 23.7 Å². The quantitative estimate of drug-likeness (QED) is 0.567. The van der Waals surface area contributed by atoms with E-state index in [1.807, 2.05) is 0 Å². The summed E-state index contributed by atoms with van der Waals surface area (Å²) in [5.74, 6) is 3.00. The van der Waals surface area contributed by atoms with Gasteiger partial charge in [0, 0.05) is 0 Å². The largest absolute Gasteiger partial charge is 0.229 e. The topological polar surface area (TPSA) is 34.1 Å². The van der Waals surface area contributed by atoms with Crippen LogP contribution in [0.1, 0.15) is 19.8 Å². The van der Waals surface area contributed by atoms with Gasteiger partial charge < -0.3 is 0 Å². The van der Waals surface area contributed by atoms with E-state index in [1.165, 1.54) is 6.42 Å². The minimum Gasteiger partial charge on any atom is -0.229 e. The van der Waals surface area contributed by atoms with Crippen LogP contribution in [-0.2, 0) is 9.84 Å². The van der Waals surface area contributed by atoms with Crippen LogP contribution < -0.4 is 0 Å². The molecule has 3 heteroatoms. The molecule has 0 spiro atoms. The van der Waals surface area contributed by atoms with Gasteiger partial charge in [-0.05, 0) is 36.5 Å². The van der Waals surface area contributed by atoms with Gasteiger partial charge >= 0.3 is 0 Å². The fourth-order valence-electron chi connectivity index (χ4n) is 3.77. The molecule has 0 radical (unpaired) electrons. The van der Waals surface area contributed by atoms with Crippen LogP contribution in [0.2, 0.25) is 0 Å². The summed E-state index contributed by atoms with van der Waals surface area (Å²) in [6, 6.07) is 0. The lowest BCUT2D eigenvalue weighted by Gasteiger charge is -2.22. The number of hydrogen-bond donors (Lipinski definition) is 0. The molecule has 0 aromatic rings. The minimum atomic E-state index is -2.66. The van der Waals surface area contributed by atoms with Crippen LogP contribution in [0, 0.1) is 23.7 Å². The van der Waals surface area contributed by atoms with Crippen molar-refractivity contribution in [3.8, 4) is 0 Å². The van der Waals surface area contributed by atoms with Crippen molar-refractivity contribution in [2.75, 3.05) is 5.75 Å². The minimum absolute atomic E-state index is 0.0729. The molecule has 1 heterocycles. The normalized spacial score (nSPS) is 59.6. The van der Waals surface area contributed by atoms with Crippen molar-refractivity contribution in [3.63, 3.8) is 0 Å². The van der Waals surface area contributed by atoms with Gasteiger partial charge in [0.1, 0.15) is 0 Å². The van der Waals surface area contributed by atoms with Crippen LogP contribution in [0.15, 0.2) is 0 Å². The lowest BCUT2D eigenvalue weighted by atomic mass is 9.82. The zero-order chi connectivity index (χ0) is 8.51. The van der Waals surface area contributed by atoms with Crippen LogP contribution in [0.3, 0.4) is 0 Å². The van der Waals surface area contributed by atoms with E-state index in [4.69, 9.17) is 0 Å². The second-order valence-electron chi connectivity index (χ2n) is 4.79. The van der Waals surface area contributed by atoms with Gasteiger partial charge in [-0.3, -0.25) is 0 Å². The van der Waals surface area contributed by atoms with E-state index in [2.05, 4.69) is 6.92 Å². The zero-order valence-corrected chi connectivity index (χ0v) is 8.05. The Bertz CT molecular complexity index is 319. The summed E-state index contributed by atoms with van der Waals surface area (Å²) in [4.78, 5) is 0. The van der Waals surface area contributed by atoms with Crippen LogP contribution in [0.25, 0.3) is 0 Å². The Hall–Kier alpha value is -0.0500. The average Bonchev–Trinajstić information content (AvgIpc) is 2.54. The fraction of sp³-hybridized carbons (Fsp3) is 1.00. The molecule has 3 rings (SSSR count). The molecule has 2 aliphatic carbocycles. The van der Waals surface area contributed by atoms with Crippen molar-refractivity contribution in [2.45, 2.75) is 25.0 Å². The maximum atomic E-state index is 11.6. The fourth-order valence-corrected chi connectivity index (χ4v) is 6.49. The molecule has 0 N–H and O–H groups in total. The second kappa shape index (κ2) is 1.89. The molecule has 0 aromatic carbocycles. The van der Waals surface area contributed by atoms with Crippen LogP contribution >= 0.6 is 0 Å². The molecule has 0 amide bonds. The Morgan fingerprint density at radius 1 is 1.17 bits per heavy atom. The number of fused-ring (bicyclic) bond motifs is 1. The first kappa shape index (κ1) is 7.36. The Balaban J connectivity index is 2.11. The summed E-state index contributed by atoms with van der Waals surface area (Å²) in [6.45, 7) is 2.24. The highest BCUT2D eigenvalue weighted by Crippen LogP contribution is 2.58. The average molecular weight is 186 g/mol. The Kier molecular flexibility index (Phi) is 1.16. The lowest BCUT2D eigenvalue weighted by molar-refractivity contribution is 0.286. The Labute approximate surface area is 73.3 Å². The molecule has 2 nitrogen and oxygen atoms in total. The summed E-state index contributed by atoms with van der Waals surface area (Å²) >= 11 is 0. The van der Waals surface area contributed by atoms with Crippen LogP contribution in [0.4, 0.5) is 0 Å². The third kappa shape index (κ3) is 0.652. The van der Waals surface area contributed by atoms with Crippen molar-refractivity contribution in [1.82, 2.24) is 0 Å². The molecule has 3 fully saturated rings. The van der Waals surface area contributed by atoms with E-state index < -0.39 is 9.84 Å². The van der Waals surface area contributed by atoms with Gasteiger partial charge in [-0.2, -0.15) is 0 Å². The number of rotatable bonds is 0. The maximum absolute atomic E-state index is 11.6. The van der Waals surface area contributed by atoms with Gasteiger partial charge in [0.2, 0.25) is 0 Å². The summed E-state index contributed by atoms with van der Waals surface area (Å²) < 4.78 is 23.3. The van der Waals surface area contributed by atoms with E-state index in [-0.39, 0.29) is 5.25 Å². The lowest BCUT2D eigenvalue weighted by Crippen LogP contribution is -2.23. The summed E-state index contributed by atoms with van der Waals surface area (Å²) in [5.41, 5.74) is 0. The first-order valence-corrected chi connectivity index (χ1v) is 6.53. The summed E-state index contributed by atoms with van der Waals surface area (Å²) in [5, 5.41) is 0.0729. The van der Waals surface area contributed by atoms with Crippen molar-refractivity contribution in [3.05, 3.63) is 0 Å². The second-order valence-corrected chi connectivity index (χ2v) is 7.05. The maximum Gasteiger partial charge on any atom is 0.153 e. The van der Waals surface area contributed by atoms with E-state index in [1.54, 1.807) is 0 Å². The molecule has 0 aromatic heterocycles. The van der Waals surface area contributed by atoms with Gasteiger partial charge in [-0.25, -0.2) is 8.42 Å². The standard InChI is InChI=1S/C9H14O2S/c1-5-6-2-7-8(5)4-12(10,11)9(7)3-6/h5-9H,2-4H2,1H3/t5?,6?,7-,8?,9?/m1/s1. The highest BCUT2D eigenvalue weighted by atomic mass is 32.2. The van der Waals surface area contributed by atoms with E-state index in [0.717, 1.165) is 12.3 Å². The predicted molar refractivity (Wildman–Crippen MR) is 46.4 cm³/mol. The van der Waals surface area contributed by atoms with Gasteiger partial charge in [0.25, 0.3) is 0 Å². The third-order valence-electron chi connectivity index (χ3n) is 4.44. The van der Waals surface area contributed by atoms with Crippen LogP contribution in [-0.4, -0.2) is 19.4 Å². The molecule has 1 saturated heterocycles. The van der Waals surface area contributed by atoms with Gasteiger partial charge in [0.15, 0.2) is 9.84 Å². The SMILES string of the molecule is CC1C2CC3[C@H](C2)C1CS3(=O)=O. The van der Waals surface area contributed by atoms with E-state index in [0.29, 0.717) is 23.5 Å². The Morgan fingerprint density at radius 2 is 1.92 bits per heavy atom. The summed E-state index contributed by atoms with van der Waals surface area (Å²) in [7, 11) is -2.66. The molecular weight excluding hydrogens is 172 g/mol. The smallest absolute Gasteiger partial charge is 0.153 e. The monoisotopic (exact) mass is 186 g/mol. The van der Waals surface area contributed by atoms with Crippen molar-refractivity contribution >= 4 is 9.84 Å². The third-order valence-corrected chi connectivity index (χ3v) is 6.76. The van der Waals surface area contributed by atoms with E-state index >= 15 is 0 Å². The molecule has 12 heavy (non-hydrogen) atoms. The predicted octanol–water partition coefficient (Wildman–Crippen LogP) is 1.08. The first-order valence-electron chi connectivity index (χ1n) is 4.81.